The van der Waals surface area contributed by atoms with Crippen molar-refractivity contribution >= 4 is 33.1 Å². The van der Waals surface area contributed by atoms with Gasteiger partial charge in [0.15, 0.2) is 0 Å². The van der Waals surface area contributed by atoms with Gasteiger partial charge in [-0.15, -0.1) is 0 Å². The van der Waals surface area contributed by atoms with Gasteiger partial charge in [0.1, 0.15) is 0 Å². The fourth-order valence-electron chi connectivity index (χ4n) is 3.90. The van der Waals surface area contributed by atoms with E-state index in [1.54, 1.807) is 0 Å². The van der Waals surface area contributed by atoms with Gasteiger partial charge in [-0.3, -0.25) is 4.79 Å². The van der Waals surface area contributed by atoms with Crippen LogP contribution < -0.4 is 5.32 Å². The molecule has 1 amide bonds. The van der Waals surface area contributed by atoms with Crippen LogP contribution in [0.25, 0.3) is 16.7 Å². The van der Waals surface area contributed by atoms with Gasteiger partial charge >= 0.3 is 0 Å². The Balaban J connectivity index is 1.90. The predicted molar refractivity (Wildman–Crippen MR) is 143 cm³/mol. The molecule has 3 heteroatoms. The first-order valence-corrected chi connectivity index (χ1v) is 11.8. The Kier molecular flexibility index (Phi) is 6.90. The van der Waals surface area contributed by atoms with Crippen LogP contribution in [-0.2, 0) is 0 Å². The van der Waals surface area contributed by atoms with Crippen molar-refractivity contribution < 1.29 is 4.79 Å². The van der Waals surface area contributed by atoms with E-state index in [9.17, 15) is 4.79 Å². The molecule has 33 heavy (non-hydrogen) atoms. The summed E-state index contributed by atoms with van der Waals surface area (Å²) in [5, 5.41) is 3.21. The number of rotatable bonds is 6. The summed E-state index contributed by atoms with van der Waals surface area (Å²) in [6, 6.07) is 32.0. The molecular formula is C30H26BrNO. The summed E-state index contributed by atoms with van der Waals surface area (Å²) >= 11 is 3.57. The lowest BCUT2D eigenvalue weighted by atomic mass is 9.88. The Hall–Kier alpha value is -3.43. The van der Waals surface area contributed by atoms with Crippen LogP contribution in [0.2, 0.25) is 0 Å². The van der Waals surface area contributed by atoms with Crippen molar-refractivity contribution in [3.8, 4) is 11.1 Å². The van der Waals surface area contributed by atoms with E-state index in [1.165, 1.54) is 0 Å². The third kappa shape index (κ3) is 5.15. The number of anilines is 1. The molecule has 164 valence electrons. The van der Waals surface area contributed by atoms with Crippen molar-refractivity contribution in [1.29, 1.82) is 0 Å². The van der Waals surface area contributed by atoms with Gasteiger partial charge in [0.25, 0.3) is 5.91 Å². The maximum atomic E-state index is 13.2. The second-order valence-corrected chi connectivity index (χ2v) is 9.23. The number of hydrogen-bond donors (Lipinski definition) is 1. The van der Waals surface area contributed by atoms with Crippen LogP contribution in [0.1, 0.15) is 46.8 Å². The average molecular weight is 496 g/mol. The predicted octanol–water partition coefficient (Wildman–Crippen LogP) is 8.55. The molecule has 0 unspecified atom stereocenters. The zero-order valence-corrected chi connectivity index (χ0v) is 20.4. The number of halogens is 1. The Bertz CT molecular complexity index is 1290. The molecule has 0 fully saturated rings. The van der Waals surface area contributed by atoms with Crippen molar-refractivity contribution in [2.75, 3.05) is 5.32 Å². The molecule has 4 rings (SSSR count). The minimum atomic E-state index is -0.131. The van der Waals surface area contributed by atoms with Crippen LogP contribution in [0.5, 0.6) is 0 Å². The molecule has 0 heterocycles. The Morgan fingerprint density at radius 3 is 2.06 bits per heavy atom. The van der Waals surface area contributed by atoms with E-state index in [0.29, 0.717) is 5.56 Å². The number of nitrogens with one attached hydrogen (secondary N) is 1. The van der Waals surface area contributed by atoms with E-state index < -0.39 is 0 Å². The maximum Gasteiger partial charge on any atom is 0.255 e. The highest BCUT2D eigenvalue weighted by Crippen LogP contribution is 2.39. The number of hydrogen-bond acceptors (Lipinski definition) is 1. The highest BCUT2D eigenvalue weighted by Gasteiger charge is 2.20. The molecule has 4 aromatic carbocycles. The minimum Gasteiger partial charge on any atom is -0.321 e. The summed E-state index contributed by atoms with van der Waals surface area (Å²) in [6.45, 7) is 8.73. The normalized spacial score (nSPS) is 10.8. The Morgan fingerprint density at radius 2 is 1.42 bits per heavy atom. The zero-order valence-electron chi connectivity index (χ0n) is 18.8. The SMILES string of the molecule is C=C(c1cccc(Br)c1)c1cc(-c2ccccc2)cc(C(C)C)c1NC(=O)c1ccccc1. The quantitative estimate of drug-likeness (QED) is 0.285. The molecule has 0 saturated carbocycles. The van der Waals surface area contributed by atoms with Crippen LogP contribution in [0.15, 0.2) is 108 Å². The lowest BCUT2D eigenvalue weighted by molar-refractivity contribution is 0.102. The lowest BCUT2D eigenvalue weighted by Gasteiger charge is -2.22. The molecule has 0 atom stereocenters. The maximum absolute atomic E-state index is 13.2. The van der Waals surface area contributed by atoms with Gasteiger partial charge in [0.2, 0.25) is 0 Å². The highest BCUT2D eigenvalue weighted by atomic mass is 79.9. The number of benzene rings is 4. The van der Waals surface area contributed by atoms with E-state index in [-0.39, 0.29) is 11.8 Å². The highest BCUT2D eigenvalue weighted by molar-refractivity contribution is 9.10. The van der Waals surface area contributed by atoms with E-state index in [4.69, 9.17) is 0 Å². The van der Waals surface area contributed by atoms with E-state index >= 15 is 0 Å². The number of carbonyl (C=O) groups is 1. The molecule has 0 spiro atoms. The van der Waals surface area contributed by atoms with Crippen LogP contribution in [0, 0.1) is 0 Å². The van der Waals surface area contributed by atoms with Gasteiger partial charge in [0.05, 0.1) is 5.69 Å². The number of amides is 1. The third-order valence-corrected chi connectivity index (χ3v) is 6.16. The van der Waals surface area contributed by atoms with Crippen LogP contribution in [0.4, 0.5) is 5.69 Å². The Morgan fingerprint density at radius 1 is 0.788 bits per heavy atom. The van der Waals surface area contributed by atoms with Gasteiger partial charge in [-0.2, -0.15) is 0 Å². The summed E-state index contributed by atoms with van der Waals surface area (Å²) in [5.41, 5.74) is 7.52. The van der Waals surface area contributed by atoms with Gasteiger partial charge in [-0.25, -0.2) is 0 Å². The van der Waals surface area contributed by atoms with Crippen molar-refractivity contribution in [2.24, 2.45) is 0 Å². The molecule has 0 aliphatic carbocycles. The zero-order chi connectivity index (χ0) is 23.4. The van der Waals surface area contributed by atoms with E-state index in [1.807, 2.05) is 66.7 Å². The molecule has 0 aliphatic heterocycles. The first-order valence-electron chi connectivity index (χ1n) is 11.0. The largest absolute Gasteiger partial charge is 0.321 e. The van der Waals surface area contributed by atoms with Crippen LogP contribution in [0.3, 0.4) is 0 Å². The summed E-state index contributed by atoms with van der Waals surface area (Å²) in [4.78, 5) is 13.2. The molecule has 0 saturated heterocycles. The van der Waals surface area contributed by atoms with Crippen molar-refractivity contribution in [1.82, 2.24) is 0 Å². The standard InChI is InChI=1S/C30H26BrNO/c1-20(2)27-18-25(22-11-6-4-7-12-22)19-28(21(3)24-15-10-16-26(31)17-24)29(27)32-30(33)23-13-8-5-9-14-23/h4-20H,3H2,1-2H3,(H,32,33). The van der Waals surface area contributed by atoms with Gasteiger partial charge in [0, 0.05) is 15.6 Å². The fraction of sp³-hybridized carbons (Fsp3) is 0.100. The topological polar surface area (TPSA) is 29.1 Å². The molecule has 0 aliphatic rings. The second-order valence-electron chi connectivity index (χ2n) is 8.32. The van der Waals surface area contributed by atoms with Crippen molar-refractivity contribution in [3.63, 3.8) is 0 Å². The third-order valence-electron chi connectivity index (χ3n) is 5.67. The van der Waals surface area contributed by atoms with Crippen molar-refractivity contribution in [2.45, 2.75) is 19.8 Å². The van der Waals surface area contributed by atoms with Crippen LogP contribution in [-0.4, -0.2) is 5.91 Å². The Labute approximate surface area is 204 Å². The molecule has 1 N–H and O–H groups in total. The molecule has 4 aromatic rings. The van der Waals surface area contributed by atoms with E-state index in [0.717, 1.165) is 43.6 Å². The van der Waals surface area contributed by atoms with Gasteiger partial charge in [-0.05, 0) is 70.1 Å². The first-order chi connectivity index (χ1) is 15.9. The molecule has 2 nitrogen and oxygen atoms in total. The molecule has 0 aromatic heterocycles. The smallest absolute Gasteiger partial charge is 0.255 e. The average Bonchev–Trinajstić information content (AvgIpc) is 2.84. The fourth-order valence-corrected chi connectivity index (χ4v) is 4.30. The summed E-state index contributed by atoms with van der Waals surface area (Å²) in [7, 11) is 0. The molecule has 0 bridgehead atoms. The lowest BCUT2D eigenvalue weighted by Crippen LogP contribution is -2.15. The minimum absolute atomic E-state index is 0.131. The van der Waals surface area contributed by atoms with Gasteiger partial charge < -0.3 is 5.32 Å². The van der Waals surface area contributed by atoms with E-state index in [2.05, 4.69) is 72.0 Å². The molecule has 0 radical (unpaired) electrons. The van der Waals surface area contributed by atoms with Crippen molar-refractivity contribution in [3.05, 3.63) is 130 Å². The van der Waals surface area contributed by atoms with Crippen LogP contribution >= 0.6 is 15.9 Å². The summed E-state index contributed by atoms with van der Waals surface area (Å²) in [5.74, 6) is 0.0713. The van der Waals surface area contributed by atoms with Gasteiger partial charge in [-0.1, -0.05) is 97.0 Å². The first kappa shape index (κ1) is 22.8. The monoisotopic (exact) mass is 495 g/mol. The molecular weight excluding hydrogens is 470 g/mol. The summed E-state index contributed by atoms with van der Waals surface area (Å²) in [6.07, 6.45) is 0. The number of carbonyl (C=O) groups excluding carboxylic acids is 1. The summed E-state index contributed by atoms with van der Waals surface area (Å²) < 4.78 is 0.985. The second kappa shape index (κ2) is 10.0.